The largest absolute Gasteiger partial charge is 0.368 e. The summed E-state index contributed by atoms with van der Waals surface area (Å²) in [6.07, 6.45) is 4.52. The van der Waals surface area contributed by atoms with Gasteiger partial charge in [0.1, 0.15) is 11.6 Å². The second-order valence-electron chi connectivity index (χ2n) is 7.28. The predicted molar refractivity (Wildman–Crippen MR) is 105 cm³/mol. The van der Waals surface area contributed by atoms with Gasteiger partial charge in [-0.05, 0) is 55.7 Å². The monoisotopic (exact) mass is 373 g/mol. The minimum absolute atomic E-state index is 0.251. The number of hydrogen-bond donors (Lipinski definition) is 1. The van der Waals surface area contributed by atoms with Crippen molar-refractivity contribution in [1.82, 2.24) is 15.2 Å². The zero-order valence-electron chi connectivity index (χ0n) is 15.6. The molecule has 0 saturated heterocycles. The van der Waals surface area contributed by atoms with Gasteiger partial charge in [-0.2, -0.15) is 5.26 Å². The SMILES string of the molecule is Cc1cc(NCC2(c3ncccc3F)CCC2)nnc1-c1cccc(C#N)c1. The molecule has 0 aliphatic heterocycles. The molecule has 1 N–H and O–H groups in total. The molecule has 1 aliphatic rings. The first kappa shape index (κ1) is 18.1. The second-order valence-corrected chi connectivity index (χ2v) is 7.28. The van der Waals surface area contributed by atoms with E-state index in [1.54, 1.807) is 24.4 Å². The Kier molecular flexibility index (Phi) is 4.74. The van der Waals surface area contributed by atoms with Gasteiger partial charge in [0.05, 0.1) is 23.0 Å². The fraction of sp³-hybridized carbons (Fsp3) is 0.273. The van der Waals surface area contributed by atoms with E-state index in [2.05, 4.69) is 26.6 Å². The highest BCUT2D eigenvalue weighted by molar-refractivity contribution is 5.65. The number of rotatable bonds is 5. The van der Waals surface area contributed by atoms with Crippen molar-refractivity contribution in [2.24, 2.45) is 0 Å². The Morgan fingerprint density at radius 1 is 1.18 bits per heavy atom. The summed E-state index contributed by atoms with van der Waals surface area (Å²) in [5.41, 5.74) is 3.40. The van der Waals surface area contributed by atoms with Gasteiger partial charge in [-0.15, -0.1) is 10.2 Å². The highest BCUT2D eigenvalue weighted by Gasteiger charge is 2.41. The maximum atomic E-state index is 14.3. The molecule has 0 radical (unpaired) electrons. The quantitative estimate of drug-likeness (QED) is 0.718. The van der Waals surface area contributed by atoms with Crippen LogP contribution in [0.5, 0.6) is 0 Å². The third-order valence-corrected chi connectivity index (χ3v) is 5.43. The molecule has 0 bridgehead atoms. The maximum absolute atomic E-state index is 14.3. The van der Waals surface area contributed by atoms with Crippen LogP contribution in [0, 0.1) is 24.1 Å². The fourth-order valence-corrected chi connectivity index (χ4v) is 3.73. The molecule has 0 amide bonds. The molecule has 5 nitrogen and oxygen atoms in total. The van der Waals surface area contributed by atoms with Crippen molar-refractivity contribution in [3.8, 4) is 17.3 Å². The number of hydrogen-bond acceptors (Lipinski definition) is 5. The summed E-state index contributed by atoms with van der Waals surface area (Å²) in [4.78, 5) is 4.30. The maximum Gasteiger partial charge on any atom is 0.148 e. The van der Waals surface area contributed by atoms with E-state index in [0.717, 1.165) is 36.1 Å². The number of anilines is 1. The lowest BCUT2D eigenvalue weighted by Crippen LogP contribution is -2.42. The minimum Gasteiger partial charge on any atom is -0.368 e. The van der Waals surface area contributed by atoms with Gasteiger partial charge in [-0.3, -0.25) is 4.98 Å². The van der Waals surface area contributed by atoms with E-state index in [-0.39, 0.29) is 11.2 Å². The number of aryl methyl sites for hydroxylation is 1. The Morgan fingerprint density at radius 2 is 2.04 bits per heavy atom. The molecule has 140 valence electrons. The molecule has 0 unspecified atom stereocenters. The topological polar surface area (TPSA) is 74.5 Å². The number of halogens is 1. The van der Waals surface area contributed by atoms with Crippen LogP contribution in [0.1, 0.15) is 36.1 Å². The first-order valence-electron chi connectivity index (χ1n) is 9.31. The van der Waals surface area contributed by atoms with Gasteiger partial charge in [0, 0.05) is 23.7 Å². The molecule has 1 aliphatic carbocycles. The van der Waals surface area contributed by atoms with Gasteiger partial charge in [-0.1, -0.05) is 18.6 Å². The van der Waals surface area contributed by atoms with Crippen molar-refractivity contribution in [3.63, 3.8) is 0 Å². The number of nitrogens with zero attached hydrogens (tertiary/aromatic N) is 4. The van der Waals surface area contributed by atoms with Gasteiger partial charge in [0.25, 0.3) is 0 Å². The van der Waals surface area contributed by atoms with E-state index >= 15 is 0 Å². The Bertz CT molecular complexity index is 1050. The molecule has 3 aromatic rings. The summed E-state index contributed by atoms with van der Waals surface area (Å²) in [7, 11) is 0. The number of aromatic nitrogens is 3. The molecule has 1 aromatic carbocycles. The lowest BCUT2D eigenvalue weighted by molar-refractivity contribution is 0.243. The molecule has 2 heterocycles. The predicted octanol–water partition coefficient (Wildman–Crippen LogP) is 4.39. The van der Waals surface area contributed by atoms with Gasteiger partial charge < -0.3 is 5.32 Å². The molecule has 1 saturated carbocycles. The van der Waals surface area contributed by atoms with Gasteiger partial charge in [0.15, 0.2) is 0 Å². The summed E-state index contributed by atoms with van der Waals surface area (Å²) in [5.74, 6) is 0.402. The van der Waals surface area contributed by atoms with Crippen LogP contribution in [-0.2, 0) is 5.41 Å². The van der Waals surface area contributed by atoms with Gasteiger partial charge in [-0.25, -0.2) is 4.39 Å². The van der Waals surface area contributed by atoms with Crippen molar-refractivity contribution in [2.45, 2.75) is 31.6 Å². The van der Waals surface area contributed by atoms with Crippen LogP contribution in [-0.4, -0.2) is 21.7 Å². The van der Waals surface area contributed by atoms with Crippen LogP contribution in [0.15, 0.2) is 48.7 Å². The van der Waals surface area contributed by atoms with Crippen molar-refractivity contribution < 1.29 is 4.39 Å². The molecule has 0 atom stereocenters. The number of nitriles is 1. The number of benzene rings is 1. The molecule has 2 aromatic heterocycles. The van der Waals surface area contributed by atoms with Crippen LogP contribution >= 0.6 is 0 Å². The van der Waals surface area contributed by atoms with Crippen LogP contribution in [0.2, 0.25) is 0 Å². The van der Waals surface area contributed by atoms with Crippen LogP contribution in [0.4, 0.5) is 10.2 Å². The van der Waals surface area contributed by atoms with Crippen molar-refractivity contribution >= 4 is 5.82 Å². The zero-order valence-corrected chi connectivity index (χ0v) is 15.6. The second kappa shape index (κ2) is 7.35. The van der Waals surface area contributed by atoms with Crippen LogP contribution in [0.3, 0.4) is 0 Å². The highest BCUT2D eigenvalue weighted by Crippen LogP contribution is 2.43. The molecular weight excluding hydrogens is 353 g/mol. The Hall–Kier alpha value is -3.33. The molecule has 4 rings (SSSR count). The van der Waals surface area contributed by atoms with E-state index in [0.29, 0.717) is 23.6 Å². The summed E-state index contributed by atoms with van der Waals surface area (Å²) in [6.45, 7) is 2.53. The Balaban J connectivity index is 1.54. The number of nitrogens with one attached hydrogen (secondary N) is 1. The molecule has 0 spiro atoms. The average molecular weight is 373 g/mol. The highest BCUT2D eigenvalue weighted by atomic mass is 19.1. The fourth-order valence-electron chi connectivity index (χ4n) is 3.73. The van der Waals surface area contributed by atoms with E-state index in [9.17, 15) is 4.39 Å². The van der Waals surface area contributed by atoms with E-state index in [1.165, 1.54) is 6.07 Å². The van der Waals surface area contributed by atoms with Crippen molar-refractivity contribution in [1.29, 1.82) is 5.26 Å². The molecule has 6 heteroatoms. The first-order valence-corrected chi connectivity index (χ1v) is 9.31. The van der Waals surface area contributed by atoms with Gasteiger partial charge in [0.2, 0.25) is 0 Å². The van der Waals surface area contributed by atoms with E-state index in [4.69, 9.17) is 5.26 Å². The third kappa shape index (κ3) is 3.31. The Labute approximate surface area is 163 Å². The van der Waals surface area contributed by atoms with E-state index < -0.39 is 0 Å². The first-order chi connectivity index (χ1) is 13.6. The van der Waals surface area contributed by atoms with E-state index in [1.807, 2.05) is 25.1 Å². The summed E-state index contributed by atoms with van der Waals surface area (Å²) >= 11 is 0. The summed E-state index contributed by atoms with van der Waals surface area (Å²) in [5, 5.41) is 21.0. The average Bonchev–Trinajstić information content (AvgIpc) is 2.68. The number of pyridine rings is 1. The minimum atomic E-state index is -0.291. The molecular formula is C22H20FN5. The van der Waals surface area contributed by atoms with Crippen molar-refractivity contribution in [3.05, 3.63) is 71.3 Å². The lowest BCUT2D eigenvalue weighted by atomic mass is 9.66. The van der Waals surface area contributed by atoms with Crippen LogP contribution in [0.25, 0.3) is 11.3 Å². The lowest BCUT2D eigenvalue weighted by Gasteiger charge is -2.41. The molecule has 1 fully saturated rings. The third-order valence-electron chi connectivity index (χ3n) is 5.43. The summed E-state index contributed by atoms with van der Waals surface area (Å²) in [6, 6.07) is 14.5. The summed E-state index contributed by atoms with van der Waals surface area (Å²) < 4.78 is 14.3. The molecule has 28 heavy (non-hydrogen) atoms. The Morgan fingerprint density at radius 3 is 2.71 bits per heavy atom. The van der Waals surface area contributed by atoms with Crippen LogP contribution < -0.4 is 5.32 Å². The smallest absolute Gasteiger partial charge is 0.148 e. The standard InChI is InChI=1S/C22H20FN5/c1-15-11-19(27-28-20(15)17-6-2-5-16(12-17)13-24)26-14-22(8-4-9-22)21-18(23)7-3-10-25-21/h2-3,5-7,10-12H,4,8-9,14H2,1H3,(H,26,27). The zero-order chi connectivity index (χ0) is 19.6. The normalized spacial score (nSPS) is 14.8. The van der Waals surface area contributed by atoms with Gasteiger partial charge >= 0.3 is 0 Å². The van der Waals surface area contributed by atoms with Crippen molar-refractivity contribution in [2.75, 3.05) is 11.9 Å².